The molecule has 0 aliphatic heterocycles. The molecule has 0 unspecified atom stereocenters. The van der Waals surface area contributed by atoms with Gasteiger partial charge in [0.25, 0.3) is 30.4 Å². The SMILES string of the molecule is Cc1ccc(S(=O)(=O)O)cc1.O=S(=O)(O)Cc1ccccc1.O=S(=O)(O)Cc1ccccc1.[Na]. The second kappa shape index (κ2) is 14.7. The number of aryl methyl sites for hydroxylation is 1. The van der Waals surface area contributed by atoms with Crippen molar-refractivity contribution in [3.05, 3.63) is 102 Å². The first-order valence-corrected chi connectivity index (χ1v) is 13.8. The molecule has 0 atom stereocenters. The van der Waals surface area contributed by atoms with E-state index in [9.17, 15) is 25.3 Å². The van der Waals surface area contributed by atoms with Crippen LogP contribution in [0.1, 0.15) is 16.7 Å². The maximum Gasteiger partial charge on any atom is 0.294 e. The van der Waals surface area contributed by atoms with Crippen LogP contribution >= 0.6 is 0 Å². The van der Waals surface area contributed by atoms with E-state index in [2.05, 4.69) is 0 Å². The van der Waals surface area contributed by atoms with E-state index < -0.39 is 30.4 Å². The molecule has 3 N–H and O–H groups in total. The molecule has 0 fully saturated rings. The summed E-state index contributed by atoms with van der Waals surface area (Å²) in [4.78, 5) is -0.0666. The van der Waals surface area contributed by atoms with Gasteiger partial charge in [-0.15, -0.1) is 0 Å². The van der Waals surface area contributed by atoms with Crippen LogP contribution < -0.4 is 0 Å². The number of hydrogen-bond acceptors (Lipinski definition) is 6. The smallest absolute Gasteiger partial charge is 0.285 e. The van der Waals surface area contributed by atoms with E-state index >= 15 is 0 Å². The largest absolute Gasteiger partial charge is 0.294 e. The summed E-state index contributed by atoms with van der Waals surface area (Å²) in [5.41, 5.74) is 2.14. The van der Waals surface area contributed by atoms with Gasteiger partial charge in [-0.05, 0) is 30.2 Å². The Labute approximate surface area is 222 Å². The second-order valence-electron chi connectivity index (χ2n) is 6.71. The van der Waals surface area contributed by atoms with Crippen molar-refractivity contribution in [3.8, 4) is 0 Å². The van der Waals surface area contributed by atoms with Crippen molar-refractivity contribution in [1.82, 2.24) is 0 Å². The van der Waals surface area contributed by atoms with Crippen molar-refractivity contribution in [2.75, 3.05) is 0 Å². The summed E-state index contributed by atoms with van der Waals surface area (Å²) in [5, 5.41) is 0. The topological polar surface area (TPSA) is 163 Å². The number of rotatable bonds is 5. The molecule has 0 aliphatic carbocycles. The van der Waals surface area contributed by atoms with E-state index in [1.54, 1.807) is 72.8 Å². The Hall–Kier alpha value is -1.61. The minimum absolute atomic E-state index is 0. The Morgan fingerprint density at radius 1 is 0.559 bits per heavy atom. The van der Waals surface area contributed by atoms with Gasteiger partial charge < -0.3 is 0 Å². The Morgan fingerprint density at radius 3 is 1.15 bits per heavy atom. The molecule has 0 saturated heterocycles. The Morgan fingerprint density at radius 2 is 0.882 bits per heavy atom. The van der Waals surface area contributed by atoms with Crippen LogP contribution in [0.3, 0.4) is 0 Å². The summed E-state index contributed by atoms with van der Waals surface area (Å²) < 4.78 is 87.9. The third kappa shape index (κ3) is 16.1. The molecular formula is C21H24NaO9S3. The van der Waals surface area contributed by atoms with Gasteiger partial charge in [0.1, 0.15) is 11.5 Å². The summed E-state index contributed by atoms with van der Waals surface area (Å²) >= 11 is 0. The molecule has 0 aliphatic rings. The minimum atomic E-state index is -4.02. The maximum absolute atomic E-state index is 10.5. The van der Waals surface area contributed by atoms with Crippen LogP contribution in [0, 0.1) is 6.92 Å². The van der Waals surface area contributed by atoms with Crippen molar-refractivity contribution in [2.45, 2.75) is 23.3 Å². The standard InChI is InChI=1S/3C7H8O3S.Na/c1-6-2-4-7(5-3-6)11(8,9)10;2*8-11(9,10)6-7-4-2-1-3-5-7;/h2-5H,1H3,(H,8,9,10);2*1-5H,6H2,(H,8,9,10);. The van der Waals surface area contributed by atoms with Gasteiger partial charge in [0.2, 0.25) is 0 Å². The average molecular weight is 540 g/mol. The predicted octanol–water partition coefficient (Wildman–Crippen LogP) is 3.01. The van der Waals surface area contributed by atoms with E-state index in [-0.39, 0.29) is 46.0 Å². The van der Waals surface area contributed by atoms with E-state index in [1.807, 2.05) is 6.92 Å². The van der Waals surface area contributed by atoms with Crippen LogP contribution in [0.5, 0.6) is 0 Å². The second-order valence-corrected chi connectivity index (χ2v) is 11.0. The molecule has 3 aromatic rings. The zero-order valence-electron chi connectivity index (χ0n) is 18.5. The number of benzene rings is 3. The normalized spacial score (nSPS) is 11.1. The maximum atomic E-state index is 10.5. The fourth-order valence-corrected chi connectivity index (χ4v) is 3.99. The molecule has 1 radical (unpaired) electrons. The quantitative estimate of drug-likeness (QED) is 0.327. The Kier molecular flexibility index (Phi) is 14.0. The van der Waals surface area contributed by atoms with Gasteiger partial charge in [-0.2, -0.15) is 25.3 Å². The fraction of sp³-hybridized carbons (Fsp3) is 0.143. The molecule has 0 spiro atoms. The summed E-state index contributed by atoms with van der Waals surface area (Å²) in [6.45, 7) is 1.84. The molecule has 0 saturated carbocycles. The van der Waals surface area contributed by atoms with E-state index in [4.69, 9.17) is 13.7 Å². The third-order valence-electron chi connectivity index (χ3n) is 3.70. The first-order valence-electron chi connectivity index (χ1n) is 9.18. The molecule has 0 heterocycles. The minimum Gasteiger partial charge on any atom is -0.285 e. The van der Waals surface area contributed by atoms with Crippen LogP contribution in [0.4, 0.5) is 0 Å². The summed E-state index contributed by atoms with van der Waals surface area (Å²) in [7, 11) is -11.8. The van der Waals surface area contributed by atoms with Crippen molar-refractivity contribution in [2.24, 2.45) is 0 Å². The van der Waals surface area contributed by atoms with E-state index in [1.165, 1.54) is 12.1 Å². The zero-order valence-corrected chi connectivity index (χ0v) is 23.0. The van der Waals surface area contributed by atoms with Crippen molar-refractivity contribution in [3.63, 3.8) is 0 Å². The van der Waals surface area contributed by atoms with Crippen LogP contribution in [-0.2, 0) is 41.9 Å². The van der Waals surface area contributed by atoms with Crippen molar-refractivity contribution >= 4 is 59.9 Å². The molecule has 9 nitrogen and oxygen atoms in total. The first kappa shape index (κ1) is 32.4. The molecule has 0 amide bonds. The van der Waals surface area contributed by atoms with Gasteiger partial charge in [-0.25, -0.2) is 0 Å². The molecule has 0 bridgehead atoms. The molecule has 13 heteroatoms. The van der Waals surface area contributed by atoms with E-state index in [0.717, 1.165) is 5.56 Å². The molecule has 181 valence electrons. The third-order valence-corrected chi connectivity index (χ3v) is 5.97. The number of hydrogen-bond donors (Lipinski definition) is 3. The van der Waals surface area contributed by atoms with Crippen molar-refractivity contribution in [1.29, 1.82) is 0 Å². The predicted molar refractivity (Wildman–Crippen MR) is 130 cm³/mol. The monoisotopic (exact) mass is 539 g/mol. The first-order chi connectivity index (χ1) is 15.2. The van der Waals surface area contributed by atoms with Gasteiger partial charge >= 0.3 is 0 Å². The van der Waals surface area contributed by atoms with Crippen LogP contribution in [0.2, 0.25) is 0 Å². The van der Waals surface area contributed by atoms with Crippen LogP contribution in [0.25, 0.3) is 0 Å². The summed E-state index contributed by atoms with van der Waals surface area (Å²) in [5.74, 6) is -0.623. The van der Waals surface area contributed by atoms with Crippen LogP contribution in [0.15, 0.2) is 89.8 Å². The zero-order chi connectivity index (χ0) is 25.1. The molecule has 3 aromatic carbocycles. The average Bonchev–Trinajstić information content (AvgIpc) is 2.68. The molecule has 3 rings (SSSR count). The van der Waals surface area contributed by atoms with Gasteiger partial charge in [-0.3, -0.25) is 13.7 Å². The fourth-order valence-electron chi connectivity index (χ4n) is 2.28. The molecular weight excluding hydrogens is 515 g/mol. The van der Waals surface area contributed by atoms with Crippen molar-refractivity contribution < 1.29 is 38.9 Å². The summed E-state index contributed by atoms with van der Waals surface area (Å²) in [6, 6.07) is 23.0. The summed E-state index contributed by atoms with van der Waals surface area (Å²) in [6.07, 6.45) is 0. The van der Waals surface area contributed by atoms with Gasteiger partial charge in [0.05, 0.1) is 4.90 Å². The Balaban J connectivity index is 0.000000473. The van der Waals surface area contributed by atoms with Gasteiger partial charge in [-0.1, -0.05) is 78.4 Å². The van der Waals surface area contributed by atoms with Gasteiger partial charge in [0.15, 0.2) is 0 Å². The molecule has 34 heavy (non-hydrogen) atoms. The van der Waals surface area contributed by atoms with Gasteiger partial charge in [0, 0.05) is 29.6 Å². The molecule has 0 aromatic heterocycles. The van der Waals surface area contributed by atoms with Crippen LogP contribution in [-0.4, -0.2) is 68.5 Å². The Bertz CT molecular complexity index is 1240. The van der Waals surface area contributed by atoms with E-state index in [0.29, 0.717) is 11.1 Å².